The summed E-state index contributed by atoms with van der Waals surface area (Å²) in [5.74, 6) is -0.210. The summed E-state index contributed by atoms with van der Waals surface area (Å²) < 4.78 is 5.33. The number of carbonyl (C=O) groups is 2. The average molecular weight is 330 g/mol. The van der Waals surface area contributed by atoms with E-state index in [1.165, 1.54) is 11.3 Å². The third-order valence-electron chi connectivity index (χ3n) is 3.86. The van der Waals surface area contributed by atoms with Gasteiger partial charge in [0, 0.05) is 36.4 Å². The molecule has 0 saturated carbocycles. The zero-order valence-electron chi connectivity index (χ0n) is 12.9. The molecule has 2 aromatic rings. The highest BCUT2D eigenvalue weighted by atomic mass is 32.1. The van der Waals surface area contributed by atoms with E-state index in [1.54, 1.807) is 10.3 Å². The van der Waals surface area contributed by atoms with Gasteiger partial charge in [-0.15, -0.1) is 11.3 Å². The van der Waals surface area contributed by atoms with E-state index in [9.17, 15) is 9.59 Å². The maximum Gasteiger partial charge on any atom is 0.357 e. The van der Waals surface area contributed by atoms with Crippen LogP contribution in [-0.2, 0) is 9.53 Å². The molecule has 2 heterocycles. The van der Waals surface area contributed by atoms with E-state index >= 15 is 0 Å². The van der Waals surface area contributed by atoms with E-state index in [2.05, 4.69) is 4.98 Å². The van der Waals surface area contributed by atoms with Crippen LogP contribution in [0.25, 0.3) is 10.6 Å². The number of amides is 1. The van der Waals surface area contributed by atoms with Crippen molar-refractivity contribution in [1.29, 1.82) is 0 Å². The third kappa shape index (κ3) is 3.59. The zero-order valence-corrected chi connectivity index (χ0v) is 13.7. The largest absolute Gasteiger partial charge is 0.461 e. The second kappa shape index (κ2) is 6.91. The van der Waals surface area contributed by atoms with Crippen molar-refractivity contribution in [2.45, 2.75) is 13.3 Å². The van der Waals surface area contributed by atoms with Crippen LogP contribution < -0.4 is 0 Å². The van der Waals surface area contributed by atoms with Crippen molar-refractivity contribution in [1.82, 2.24) is 9.88 Å². The number of hydrogen-bond acceptors (Lipinski definition) is 5. The van der Waals surface area contributed by atoms with Crippen LogP contribution in [0.3, 0.4) is 0 Å². The first kappa shape index (κ1) is 15.7. The van der Waals surface area contributed by atoms with E-state index in [-0.39, 0.29) is 18.4 Å². The minimum Gasteiger partial charge on any atom is -0.461 e. The number of nitrogens with zero attached hydrogens (tertiary/aromatic N) is 2. The predicted octanol–water partition coefficient (Wildman–Crippen LogP) is 2.84. The molecule has 0 radical (unpaired) electrons. The van der Waals surface area contributed by atoms with Gasteiger partial charge in [-0.2, -0.15) is 0 Å². The Hall–Kier alpha value is -2.21. The summed E-state index contributed by atoms with van der Waals surface area (Å²) in [7, 11) is 0. The van der Waals surface area contributed by atoms with Crippen LogP contribution in [0.5, 0.6) is 0 Å². The first-order chi connectivity index (χ1) is 11.2. The molecule has 1 amide bonds. The summed E-state index contributed by atoms with van der Waals surface area (Å²) in [4.78, 5) is 29.9. The third-order valence-corrected chi connectivity index (χ3v) is 4.75. The van der Waals surface area contributed by atoms with Crippen molar-refractivity contribution in [2.24, 2.45) is 5.92 Å². The Labute approximate surface area is 138 Å². The number of rotatable bonds is 5. The van der Waals surface area contributed by atoms with Gasteiger partial charge in [0.25, 0.3) is 0 Å². The molecule has 1 aromatic heterocycles. The molecular formula is C17H18N2O3S. The molecule has 3 rings (SSSR count). The Morgan fingerprint density at radius 1 is 1.39 bits per heavy atom. The zero-order chi connectivity index (χ0) is 16.2. The summed E-state index contributed by atoms with van der Waals surface area (Å²) in [5.41, 5.74) is 1.31. The van der Waals surface area contributed by atoms with Gasteiger partial charge >= 0.3 is 5.97 Å². The molecule has 1 aromatic carbocycles. The van der Waals surface area contributed by atoms with Crippen molar-refractivity contribution < 1.29 is 14.3 Å². The number of likely N-dealkylation sites (tertiary alicyclic amines) is 1. The summed E-state index contributed by atoms with van der Waals surface area (Å²) >= 11 is 1.42. The minimum atomic E-state index is -0.425. The Morgan fingerprint density at radius 3 is 2.87 bits per heavy atom. The second-order valence-corrected chi connectivity index (χ2v) is 6.36. The SMILES string of the molecule is CCN1C[C@H](COC(=O)c2csc(-c3ccccc3)n2)CC1=O. The summed E-state index contributed by atoms with van der Waals surface area (Å²) in [5, 5.41) is 2.51. The number of esters is 1. The highest BCUT2D eigenvalue weighted by molar-refractivity contribution is 7.13. The Kier molecular flexibility index (Phi) is 4.71. The lowest BCUT2D eigenvalue weighted by Crippen LogP contribution is -2.25. The first-order valence-electron chi connectivity index (χ1n) is 7.63. The van der Waals surface area contributed by atoms with Gasteiger partial charge < -0.3 is 9.64 Å². The van der Waals surface area contributed by atoms with E-state index in [1.807, 2.05) is 37.3 Å². The monoisotopic (exact) mass is 330 g/mol. The molecule has 6 heteroatoms. The van der Waals surface area contributed by atoms with E-state index < -0.39 is 5.97 Å². The van der Waals surface area contributed by atoms with E-state index in [0.717, 1.165) is 10.6 Å². The lowest BCUT2D eigenvalue weighted by atomic mass is 10.1. The van der Waals surface area contributed by atoms with Gasteiger partial charge in [-0.3, -0.25) is 4.79 Å². The highest BCUT2D eigenvalue weighted by Crippen LogP contribution is 2.24. The Morgan fingerprint density at radius 2 is 2.17 bits per heavy atom. The fourth-order valence-corrected chi connectivity index (χ4v) is 3.41. The molecule has 0 spiro atoms. The molecule has 1 aliphatic heterocycles. The maximum absolute atomic E-state index is 12.1. The number of hydrogen-bond donors (Lipinski definition) is 0. The summed E-state index contributed by atoms with van der Waals surface area (Å²) in [6.45, 7) is 3.58. The fourth-order valence-electron chi connectivity index (χ4n) is 2.62. The molecule has 0 N–H and O–H groups in total. The first-order valence-corrected chi connectivity index (χ1v) is 8.51. The summed E-state index contributed by atoms with van der Waals surface area (Å²) in [6.07, 6.45) is 0.452. The van der Waals surface area contributed by atoms with E-state index in [0.29, 0.717) is 25.2 Å². The number of aromatic nitrogens is 1. The van der Waals surface area contributed by atoms with Gasteiger partial charge in [-0.25, -0.2) is 9.78 Å². The van der Waals surface area contributed by atoms with Crippen molar-refractivity contribution in [3.8, 4) is 10.6 Å². The molecule has 1 atom stereocenters. The molecule has 0 unspecified atom stereocenters. The van der Waals surface area contributed by atoms with Gasteiger partial charge in [-0.1, -0.05) is 30.3 Å². The Bertz CT molecular complexity index is 699. The van der Waals surface area contributed by atoms with Crippen molar-refractivity contribution in [3.05, 3.63) is 41.4 Å². The van der Waals surface area contributed by atoms with Crippen LogP contribution in [-0.4, -0.2) is 41.5 Å². The van der Waals surface area contributed by atoms with Crippen LogP contribution in [0.1, 0.15) is 23.8 Å². The number of benzene rings is 1. The molecule has 1 fully saturated rings. The molecule has 0 aliphatic carbocycles. The van der Waals surface area contributed by atoms with Gasteiger partial charge in [0.15, 0.2) is 5.69 Å². The number of ether oxygens (including phenoxy) is 1. The number of carbonyl (C=O) groups excluding carboxylic acids is 2. The maximum atomic E-state index is 12.1. The lowest BCUT2D eigenvalue weighted by molar-refractivity contribution is -0.127. The van der Waals surface area contributed by atoms with Crippen LogP contribution in [0, 0.1) is 5.92 Å². The van der Waals surface area contributed by atoms with Crippen LogP contribution in [0.4, 0.5) is 0 Å². The van der Waals surface area contributed by atoms with Gasteiger partial charge in [0.05, 0.1) is 6.61 Å². The molecule has 1 saturated heterocycles. The Balaban J connectivity index is 1.57. The molecule has 1 aliphatic rings. The standard InChI is InChI=1S/C17H18N2O3S/c1-2-19-9-12(8-15(19)20)10-22-17(21)14-11-23-16(18-14)13-6-4-3-5-7-13/h3-7,11-12H,2,8-10H2,1H3/t12-/m1/s1. The van der Waals surface area contributed by atoms with Gasteiger partial charge in [0.2, 0.25) is 5.91 Å². The molecular weight excluding hydrogens is 312 g/mol. The lowest BCUT2D eigenvalue weighted by Gasteiger charge is -2.13. The van der Waals surface area contributed by atoms with Crippen LogP contribution in [0.2, 0.25) is 0 Å². The molecule has 5 nitrogen and oxygen atoms in total. The normalized spacial score (nSPS) is 17.5. The smallest absolute Gasteiger partial charge is 0.357 e. The highest BCUT2D eigenvalue weighted by Gasteiger charge is 2.29. The molecule has 0 bridgehead atoms. The topological polar surface area (TPSA) is 59.5 Å². The average Bonchev–Trinajstić information content (AvgIpc) is 3.20. The molecule has 120 valence electrons. The van der Waals surface area contributed by atoms with Crippen LogP contribution >= 0.6 is 11.3 Å². The van der Waals surface area contributed by atoms with Crippen molar-refractivity contribution in [3.63, 3.8) is 0 Å². The quantitative estimate of drug-likeness (QED) is 0.791. The van der Waals surface area contributed by atoms with Crippen LogP contribution in [0.15, 0.2) is 35.7 Å². The van der Waals surface area contributed by atoms with E-state index in [4.69, 9.17) is 4.74 Å². The fraction of sp³-hybridized carbons (Fsp3) is 0.353. The minimum absolute atomic E-state index is 0.0821. The van der Waals surface area contributed by atoms with Gasteiger partial charge in [0.1, 0.15) is 5.01 Å². The molecule has 23 heavy (non-hydrogen) atoms. The van der Waals surface area contributed by atoms with Crippen molar-refractivity contribution in [2.75, 3.05) is 19.7 Å². The van der Waals surface area contributed by atoms with Gasteiger partial charge in [-0.05, 0) is 6.92 Å². The summed E-state index contributed by atoms with van der Waals surface area (Å²) in [6, 6.07) is 9.72. The van der Waals surface area contributed by atoms with Crippen molar-refractivity contribution >= 4 is 23.2 Å². The number of thiazole rings is 1. The predicted molar refractivity (Wildman–Crippen MR) is 88.2 cm³/mol. The second-order valence-electron chi connectivity index (χ2n) is 5.50.